The normalized spacial score (nSPS) is 11.5. The molecule has 3 rings (SSSR count). The zero-order chi connectivity index (χ0) is 18.9. The molecular formula is C16H11BrF3N3O2S. The smallest absolute Gasteiger partial charge is 0.367 e. The highest BCUT2D eigenvalue weighted by Gasteiger charge is 2.33. The van der Waals surface area contributed by atoms with Crippen LogP contribution in [0.5, 0.6) is 0 Å². The second kappa shape index (κ2) is 7.12. The fourth-order valence-electron chi connectivity index (χ4n) is 2.35. The van der Waals surface area contributed by atoms with Crippen molar-refractivity contribution in [3.8, 4) is 10.6 Å². The van der Waals surface area contributed by atoms with Crippen molar-refractivity contribution in [2.75, 3.05) is 5.73 Å². The van der Waals surface area contributed by atoms with Crippen molar-refractivity contribution in [1.29, 1.82) is 0 Å². The third kappa shape index (κ3) is 3.75. The Kier molecular flexibility index (Phi) is 5.05. The maximum Gasteiger partial charge on any atom is 0.416 e. The van der Waals surface area contributed by atoms with Gasteiger partial charge in [0.25, 0.3) is 5.91 Å². The van der Waals surface area contributed by atoms with Gasteiger partial charge in [-0.15, -0.1) is 11.3 Å². The summed E-state index contributed by atoms with van der Waals surface area (Å²) >= 11 is 4.62. The van der Waals surface area contributed by atoms with Gasteiger partial charge in [0.2, 0.25) is 5.88 Å². The van der Waals surface area contributed by atoms with E-state index in [0.29, 0.717) is 4.88 Å². The van der Waals surface area contributed by atoms with Gasteiger partial charge in [0, 0.05) is 6.54 Å². The molecule has 2 aromatic heterocycles. The second-order valence-electron chi connectivity index (χ2n) is 5.21. The van der Waals surface area contributed by atoms with Crippen LogP contribution in [0.2, 0.25) is 0 Å². The van der Waals surface area contributed by atoms with Gasteiger partial charge in [0.15, 0.2) is 0 Å². The first-order valence-corrected chi connectivity index (χ1v) is 8.82. The molecule has 3 aromatic rings. The molecular weight excluding hydrogens is 435 g/mol. The molecule has 0 atom stereocenters. The maximum absolute atomic E-state index is 13.0. The number of carbonyl (C=O) groups is 1. The van der Waals surface area contributed by atoms with E-state index in [9.17, 15) is 18.0 Å². The summed E-state index contributed by atoms with van der Waals surface area (Å²) in [6.45, 7) is -0.313. The van der Waals surface area contributed by atoms with E-state index in [-0.39, 0.29) is 29.2 Å². The van der Waals surface area contributed by atoms with Crippen molar-refractivity contribution in [2.24, 2.45) is 0 Å². The number of rotatable bonds is 4. The number of hydrogen-bond donors (Lipinski definition) is 2. The van der Waals surface area contributed by atoms with Crippen LogP contribution >= 0.6 is 27.3 Å². The van der Waals surface area contributed by atoms with Crippen molar-refractivity contribution in [1.82, 2.24) is 10.5 Å². The van der Waals surface area contributed by atoms with Gasteiger partial charge in [-0.1, -0.05) is 23.4 Å². The molecule has 3 N–H and O–H groups in total. The minimum Gasteiger partial charge on any atom is -0.367 e. The molecule has 0 fully saturated rings. The van der Waals surface area contributed by atoms with Gasteiger partial charge in [-0.2, -0.15) is 13.2 Å². The third-order valence-electron chi connectivity index (χ3n) is 3.51. The number of alkyl halides is 3. The Morgan fingerprint density at radius 3 is 2.65 bits per heavy atom. The summed E-state index contributed by atoms with van der Waals surface area (Å²) in [6.07, 6.45) is -4.51. The first kappa shape index (κ1) is 18.5. The number of nitrogens with two attached hydrogens (primary N) is 1. The highest BCUT2D eigenvalue weighted by molar-refractivity contribution is 9.11. The van der Waals surface area contributed by atoms with Crippen molar-refractivity contribution in [3.05, 3.63) is 56.9 Å². The number of nitrogens with zero attached hydrogens (tertiary/aromatic N) is 1. The van der Waals surface area contributed by atoms with Crippen molar-refractivity contribution in [2.45, 2.75) is 12.7 Å². The summed E-state index contributed by atoms with van der Waals surface area (Å²) in [5, 5.41) is 6.23. The number of anilines is 1. The maximum atomic E-state index is 13.0. The Bertz CT molecular complexity index is 952. The van der Waals surface area contributed by atoms with Crippen LogP contribution in [-0.2, 0) is 12.7 Å². The lowest BCUT2D eigenvalue weighted by Gasteiger charge is -2.13. The van der Waals surface area contributed by atoms with Crippen LogP contribution in [0.15, 0.2) is 44.7 Å². The highest BCUT2D eigenvalue weighted by Crippen LogP contribution is 2.35. The van der Waals surface area contributed by atoms with E-state index in [1.807, 2.05) is 0 Å². The summed E-state index contributed by atoms with van der Waals surface area (Å²) in [5.74, 6) is -0.869. The molecule has 2 heterocycles. The molecule has 0 saturated carbocycles. The molecule has 0 spiro atoms. The first-order chi connectivity index (χ1) is 12.3. The van der Waals surface area contributed by atoms with Crippen LogP contribution in [0.3, 0.4) is 0 Å². The van der Waals surface area contributed by atoms with Gasteiger partial charge < -0.3 is 15.6 Å². The van der Waals surface area contributed by atoms with Gasteiger partial charge >= 0.3 is 6.18 Å². The average Bonchev–Trinajstić information content (AvgIpc) is 3.17. The number of carbonyl (C=O) groups excluding carboxylic acids is 1. The van der Waals surface area contributed by atoms with Crippen LogP contribution in [-0.4, -0.2) is 11.1 Å². The molecule has 0 aliphatic rings. The number of amides is 1. The Balaban J connectivity index is 1.84. The van der Waals surface area contributed by atoms with Gasteiger partial charge in [-0.3, -0.25) is 4.79 Å². The van der Waals surface area contributed by atoms with Crippen molar-refractivity contribution >= 4 is 39.1 Å². The Morgan fingerprint density at radius 2 is 2.00 bits per heavy atom. The topological polar surface area (TPSA) is 81.2 Å². The quantitative estimate of drug-likeness (QED) is 0.609. The molecule has 1 aromatic carbocycles. The number of thiophene rings is 1. The Morgan fingerprint density at radius 1 is 1.27 bits per heavy atom. The summed E-state index contributed by atoms with van der Waals surface area (Å²) in [6, 6.07) is 8.52. The third-order valence-corrected chi connectivity index (χ3v) is 5.14. The zero-order valence-corrected chi connectivity index (χ0v) is 15.3. The highest BCUT2D eigenvalue weighted by atomic mass is 79.9. The number of aromatic nitrogens is 1. The lowest BCUT2D eigenvalue weighted by atomic mass is 10.1. The fraction of sp³-hybridized carbons (Fsp3) is 0.125. The fourth-order valence-corrected chi connectivity index (χ4v) is 3.72. The molecule has 0 unspecified atom stereocenters. The summed E-state index contributed by atoms with van der Waals surface area (Å²) in [5.41, 5.74) is 5.05. The van der Waals surface area contributed by atoms with Crippen LogP contribution in [0, 0.1) is 0 Å². The van der Waals surface area contributed by atoms with E-state index in [2.05, 4.69) is 26.4 Å². The molecule has 5 nitrogen and oxygen atoms in total. The van der Waals surface area contributed by atoms with E-state index in [0.717, 1.165) is 9.85 Å². The molecule has 0 radical (unpaired) electrons. The SMILES string of the molecule is Nc1onc(-c2ccc(Br)s2)c1C(=O)NCc1ccccc1C(F)(F)F. The predicted octanol–water partition coefficient (Wildman–Crippen LogP) is 4.70. The standard InChI is InChI=1S/C16H11BrF3N3O2S/c17-11-6-5-10(26-11)13-12(14(21)25-23-13)15(24)22-7-8-3-1-2-4-9(8)16(18,19)20/h1-6H,7,21H2,(H,22,24). The second-order valence-corrected chi connectivity index (χ2v) is 7.67. The first-order valence-electron chi connectivity index (χ1n) is 7.21. The molecule has 0 aliphatic carbocycles. The largest absolute Gasteiger partial charge is 0.416 e. The molecule has 0 aliphatic heterocycles. The zero-order valence-electron chi connectivity index (χ0n) is 12.9. The number of halogens is 4. The molecule has 136 valence electrons. The number of nitrogen functional groups attached to an aromatic ring is 1. The van der Waals surface area contributed by atoms with Crippen LogP contribution in [0.4, 0.5) is 19.1 Å². The van der Waals surface area contributed by atoms with Gasteiger partial charge in [-0.25, -0.2) is 0 Å². The van der Waals surface area contributed by atoms with Crippen LogP contribution in [0.25, 0.3) is 10.6 Å². The number of nitrogens with one attached hydrogen (secondary N) is 1. The van der Waals surface area contributed by atoms with E-state index in [1.165, 1.54) is 29.5 Å². The van der Waals surface area contributed by atoms with Gasteiger partial charge in [-0.05, 0) is 39.7 Å². The lowest BCUT2D eigenvalue weighted by molar-refractivity contribution is -0.138. The Labute approximate surface area is 158 Å². The minimum absolute atomic E-state index is 0.0103. The van der Waals surface area contributed by atoms with Crippen molar-refractivity contribution in [3.63, 3.8) is 0 Å². The number of hydrogen-bond acceptors (Lipinski definition) is 5. The van der Waals surface area contributed by atoms with Crippen molar-refractivity contribution < 1.29 is 22.5 Å². The van der Waals surface area contributed by atoms with E-state index in [1.54, 1.807) is 12.1 Å². The van der Waals surface area contributed by atoms with Gasteiger partial charge in [0.1, 0.15) is 11.3 Å². The summed E-state index contributed by atoms with van der Waals surface area (Å²) in [7, 11) is 0. The lowest BCUT2D eigenvalue weighted by Crippen LogP contribution is -2.25. The Hall–Kier alpha value is -2.33. The minimum atomic E-state index is -4.51. The summed E-state index contributed by atoms with van der Waals surface area (Å²) < 4.78 is 44.8. The summed E-state index contributed by atoms with van der Waals surface area (Å²) in [4.78, 5) is 13.1. The van der Waals surface area contributed by atoms with E-state index >= 15 is 0 Å². The van der Waals surface area contributed by atoms with E-state index in [4.69, 9.17) is 10.3 Å². The molecule has 1 amide bonds. The van der Waals surface area contributed by atoms with Crippen LogP contribution in [0.1, 0.15) is 21.5 Å². The van der Waals surface area contributed by atoms with Gasteiger partial charge in [0.05, 0.1) is 14.2 Å². The molecule has 10 heteroatoms. The van der Waals surface area contributed by atoms with E-state index < -0.39 is 17.6 Å². The molecule has 26 heavy (non-hydrogen) atoms. The monoisotopic (exact) mass is 445 g/mol. The molecule has 0 bridgehead atoms. The average molecular weight is 446 g/mol. The molecule has 0 saturated heterocycles. The predicted molar refractivity (Wildman–Crippen MR) is 94.5 cm³/mol. The number of benzene rings is 1. The van der Waals surface area contributed by atoms with Crippen LogP contribution < -0.4 is 11.1 Å².